The molecule has 108 valence electrons. The molecule has 0 saturated heterocycles. The van der Waals surface area contributed by atoms with E-state index in [1.807, 2.05) is 32.0 Å². The number of rotatable bonds is 1. The van der Waals surface area contributed by atoms with Crippen LogP contribution < -0.4 is 5.63 Å². The van der Waals surface area contributed by atoms with Crippen LogP contribution >= 0.6 is 0 Å². The molecule has 4 nitrogen and oxygen atoms in total. The highest BCUT2D eigenvalue weighted by Crippen LogP contribution is 2.35. The van der Waals surface area contributed by atoms with Crippen LogP contribution in [0.3, 0.4) is 0 Å². The zero-order valence-corrected chi connectivity index (χ0v) is 12.2. The fraction of sp³-hybridized carbons (Fsp3) is 0.111. The van der Waals surface area contributed by atoms with Gasteiger partial charge in [0.1, 0.15) is 11.2 Å². The Balaban J connectivity index is 2.22. The molecule has 0 atom stereocenters. The Bertz CT molecular complexity index is 1060. The van der Waals surface area contributed by atoms with E-state index in [-0.39, 0.29) is 5.63 Å². The molecule has 22 heavy (non-hydrogen) atoms. The van der Waals surface area contributed by atoms with Crippen molar-refractivity contribution in [2.45, 2.75) is 13.8 Å². The van der Waals surface area contributed by atoms with Crippen LogP contribution in [0.4, 0.5) is 0 Å². The van der Waals surface area contributed by atoms with Gasteiger partial charge in [-0.25, -0.2) is 4.79 Å². The maximum Gasteiger partial charge on any atom is 0.336 e. The quantitative estimate of drug-likeness (QED) is 0.493. The third-order valence-corrected chi connectivity index (χ3v) is 3.97. The highest BCUT2D eigenvalue weighted by atomic mass is 16.4. The van der Waals surface area contributed by atoms with Gasteiger partial charge in [-0.05, 0) is 31.5 Å². The van der Waals surface area contributed by atoms with Gasteiger partial charge in [0.05, 0.1) is 6.26 Å². The van der Waals surface area contributed by atoms with Crippen LogP contribution in [0.5, 0.6) is 0 Å². The second kappa shape index (κ2) is 4.56. The average Bonchev–Trinajstić information content (AvgIpc) is 2.90. The minimum Gasteiger partial charge on any atom is -0.464 e. The lowest BCUT2D eigenvalue weighted by molar-refractivity contribution is 0.556. The van der Waals surface area contributed by atoms with E-state index in [1.54, 1.807) is 18.7 Å². The number of hydrogen-bond donors (Lipinski definition) is 0. The number of furan rings is 1. The van der Waals surface area contributed by atoms with E-state index < -0.39 is 0 Å². The molecule has 4 heteroatoms. The van der Waals surface area contributed by atoms with E-state index in [4.69, 9.17) is 8.83 Å². The van der Waals surface area contributed by atoms with Gasteiger partial charge in [0, 0.05) is 45.9 Å². The van der Waals surface area contributed by atoms with Crippen molar-refractivity contribution in [3.63, 3.8) is 0 Å². The Morgan fingerprint density at radius 3 is 2.73 bits per heavy atom. The minimum atomic E-state index is -0.378. The third kappa shape index (κ3) is 1.77. The molecule has 0 amide bonds. The highest BCUT2D eigenvalue weighted by molar-refractivity contribution is 6.04. The van der Waals surface area contributed by atoms with Crippen LogP contribution in [-0.2, 0) is 0 Å². The van der Waals surface area contributed by atoms with Crippen molar-refractivity contribution < 1.29 is 8.83 Å². The highest BCUT2D eigenvalue weighted by Gasteiger charge is 2.15. The van der Waals surface area contributed by atoms with Gasteiger partial charge in [-0.1, -0.05) is 6.07 Å². The molecule has 4 aromatic rings. The summed E-state index contributed by atoms with van der Waals surface area (Å²) in [5.74, 6) is 0. The molecule has 0 saturated carbocycles. The van der Waals surface area contributed by atoms with E-state index in [1.165, 1.54) is 6.07 Å². The fourth-order valence-corrected chi connectivity index (χ4v) is 2.86. The number of benzene rings is 1. The smallest absolute Gasteiger partial charge is 0.336 e. The summed E-state index contributed by atoms with van der Waals surface area (Å²) < 4.78 is 11.0. The first-order chi connectivity index (χ1) is 10.6. The normalized spacial score (nSPS) is 11.4. The Morgan fingerprint density at radius 1 is 1.09 bits per heavy atom. The van der Waals surface area contributed by atoms with Crippen LogP contribution in [0.1, 0.15) is 11.1 Å². The molecular formula is C18H13NO3. The van der Waals surface area contributed by atoms with Crippen molar-refractivity contribution in [1.82, 2.24) is 4.98 Å². The lowest BCUT2D eigenvalue weighted by atomic mass is 9.99. The summed E-state index contributed by atoms with van der Waals surface area (Å²) in [5, 5.41) is 1.92. The summed E-state index contributed by atoms with van der Waals surface area (Å²) in [6.45, 7) is 3.91. The Hall–Kier alpha value is -2.88. The number of hydrogen-bond acceptors (Lipinski definition) is 4. The summed E-state index contributed by atoms with van der Waals surface area (Å²) in [7, 11) is 0. The maximum absolute atomic E-state index is 12.0. The Kier molecular flexibility index (Phi) is 2.66. The number of fused-ring (bicyclic) bond motifs is 2. The molecule has 0 fully saturated rings. The molecular weight excluding hydrogens is 278 g/mol. The molecule has 0 N–H and O–H groups in total. The molecule has 3 heterocycles. The first-order valence-corrected chi connectivity index (χ1v) is 7.01. The summed E-state index contributed by atoms with van der Waals surface area (Å²) in [5.41, 5.74) is 4.55. The largest absolute Gasteiger partial charge is 0.464 e. The fourth-order valence-electron chi connectivity index (χ4n) is 2.86. The van der Waals surface area contributed by atoms with Crippen LogP contribution in [0.2, 0.25) is 0 Å². The molecule has 0 aliphatic heterocycles. The van der Waals surface area contributed by atoms with Gasteiger partial charge >= 0.3 is 5.63 Å². The van der Waals surface area contributed by atoms with E-state index >= 15 is 0 Å². The van der Waals surface area contributed by atoms with Crippen molar-refractivity contribution in [3.8, 4) is 11.1 Å². The summed E-state index contributed by atoms with van der Waals surface area (Å²) in [6, 6.07) is 7.31. The number of nitrogens with zero attached hydrogens (tertiary/aromatic N) is 1. The van der Waals surface area contributed by atoms with Gasteiger partial charge in [-0.2, -0.15) is 0 Å². The van der Waals surface area contributed by atoms with Crippen molar-refractivity contribution >= 4 is 21.9 Å². The zero-order valence-electron chi connectivity index (χ0n) is 12.2. The molecule has 0 bridgehead atoms. The van der Waals surface area contributed by atoms with E-state index in [2.05, 4.69) is 4.98 Å². The maximum atomic E-state index is 12.0. The second-order valence-corrected chi connectivity index (χ2v) is 5.39. The molecule has 0 unspecified atom stereocenters. The van der Waals surface area contributed by atoms with Crippen LogP contribution in [-0.4, -0.2) is 4.98 Å². The number of aromatic nitrogens is 1. The van der Waals surface area contributed by atoms with Gasteiger partial charge in [-0.15, -0.1) is 0 Å². The lowest BCUT2D eigenvalue weighted by Gasteiger charge is -2.08. The van der Waals surface area contributed by atoms with Crippen LogP contribution in [0.25, 0.3) is 33.1 Å². The standard InChI is InChI=1S/C18H13NO3/c1-10-9-21-17-11(2)18-15(6-13(10)17)14(7-16(20)22-18)12-4-3-5-19-8-12/h3-9H,1-2H3. The summed E-state index contributed by atoms with van der Waals surface area (Å²) >= 11 is 0. The van der Waals surface area contributed by atoms with E-state index in [0.29, 0.717) is 5.58 Å². The van der Waals surface area contributed by atoms with Gasteiger partial charge in [0.15, 0.2) is 0 Å². The van der Waals surface area contributed by atoms with Crippen molar-refractivity contribution in [3.05, 3.63) is 64.5 Å². The second-order valence-electron chi connectivity index (χ2n) is 5.39. The molecule has 0 radical (unpaired) electrons. The number of aryl methyl sites for hydroxylation is 2. The molecule has 1 aromatic carbocycles. The topological polar surface area (TPSA) is 56.2 Å². The van der Waals surface area contributed by atoms with Gasteiger partial charge in [0.25, 0.3) is 0 Å². The third-order valence-electron chi connectivity index (χ3n) is 3.97. The summed E-state index contributed by atoms with van der Waals surface area (Å²) in [6.07, 6.45) is 5.18. The molecule has 0 spiro atoms. The average molecular weight is 291 g/mol. The van der Waals surface area contributed by atoms with Gasteiger partial charge in [-0.3, -0.25) is 4.98 Å². The first-order valence-electron chi connectivity index (χ1n) is 7.01. The minimum absolute atomic E-state index is 0.378. The van der Waals surface area contributed by atoms with Gasteiger partial charge in [0.2, 0.25) is 0 Å². The van der Waals surface area contributed by atoms with Crippen LogP contribution in [0, 0.1) is 13.8 Å². The monoisotopic (exact) mass is 291 g/mol. The zero-order chi connectivity index (χ0) is 15.3. The molecule has 0 aliphatic carbocycles. The molecule has 3 aromatic heterocycles. The Labute approximate surface area is 126 Å². The number of pyridine rings is 1. The Morgan fingerprint density at radius 2 is 1.95 bits per heavy atom. The van der Waals surface area contributed by atoms with Crippen LogP contribution in [0.15, 0.2) is 56.6 Å². The van der Waals surface area contributed by atoms with Crippen molar-refractivity contribution in [2.75, 3.05) is 0 Å². The summed E-state index contributed by atoms with van der Waals surface area (Å²) in [4.78, 5) is 16.1. The predicted octanol–water partition coefficient (Wildman–Crippen LogP) is 4.22. The molecule has 4 rings (SSSR count). The van der Waals surface area contributed by atoms with E-state index in [9.17, 15) is 4.79 Å². The van der Waals surface area contributed by atoms with E-state index in [0.717, 1.165) is 38.6 Å². The first kappa shape index (κ1) is 12.8. The predicted molar refractivity (Wildman–Crippen MR) is 85.0 cm³/mol. The molecule has 0 aliphatic rings. The van der Waals surface area contributed by atoms with Crippen molar-refractivity contribution in [2.24, 2.45) is 0 Å². The van der Waals surface area contributed by atoms with Crippen molar-refractivity contribution in [1.29, 1.82) is 0 Å². The SMILES string of the molecule is Cc1coc2c(C)c3oc(=O)cc(-c4cccnc4)c3cc12. The van der Waals surface area contributed by atoms with Gasteiger partial charge < -0.3 is 8.83 Å². The lowest BCUT2D eigenvalue weighted by Crippen LogP contribution is -1.99.